The number of rotatable bonds is 5. The second-order valence-corrected chi connectivity index (χ2v) is 4.79. The van der Waals surface area contributed by atoms with E-state index < -0.39 is 0 Å². The summed E-state index contributed by atoms with van der Waals surface area (Å²) in [6.45, 7) is -0.136. The van der Waals surface area contributed by atoms with Gasteiger partial charge in [-0.2, -0.15) is 5.26 Å². The van der Waals surface area contributed by atoms with Crippen molar-refractivity contribution in [1.82, 2.24) is 0 Å². The number of ketones is 1. The fraction of sp³-hybridized carbons (Fsp3) is 0.125. The molecule has 2 aromatic carbocycles. The smallest absolute Gasteiger partial charge is 0.174 e. The number of halogens is 2. The van der Waals surface area contributed by atoms with Gasteiger partial charge in [-0.3, -0.25) is 4.79 Å². The number of ether oxygens (including phenoxy) is 1. The maximum atomic E-state index is 12.8. The molecule has 21 heavy (non-hydrogen) atoms. The molecular weight excluding hydrogens is 293 g/mol. The van der Waals surface area contributed by atoms with Crippen LogP contribution in [0.1, 0.15) is 11.1 Å². The minimum atomic E-state index is -0.341. The minimum Gasteiger partial charge on any atom is -0.484 e. The average molecular weight is 304 g/mol. The Morgan fingerprint density at radius 2 is 1.95 bits per heavy atom. The number of Topliss-reactive ketones (excluding diaryl/α,β-unsaturated/α-hetero) is 1. The average Bonchev–Trinajstić information content (AvgIpc) is 2.48. The zero-order valence-electron chi connectivity index (χ0n) is 11.0. The zero-order valence-corrected chi connectivity index (χ0v) is 11.7. The van der Waals surface area contributed by atoms with Gasteiger partial charge in [-0.05, 0) is 35.9 Å². The molecule has 0 fully saturated rings. The van der Waals surface area contributed by atoms with Gasteiger partial charge in [0.25, 0.3) is 0 Å². The quantitative estimate of drug-likeness (QED) is 0.849. The third kappa shape index (κ3) is 4.30. The summed E-state index contributed by atoms with van der Waals surface area (Å²) in [5.41, 5.74) is 1.14. The standard InChI is InChI=1S/C16H11ClFNO2/c17-15-8-12(9-19)3-6-16(15)21-10-14(20)7-11-1-4-13(18)5-2-11/h1-6,8H,7,10H2. The van der Waals surface area contributed by atoms with Crippen molar-refractivity contribution < 1.29 is 13.9 Å². The van der Waals surface area contributed by atoms with Gasteiger partial charge in [-0.1, -0.05) is 23.7 Å². The van der Waals surface area contributed by atoms with Gasteiger partial charge in [0.1, 0.15) is 18.2 Å². The van der Waals surface area contributed by atoms with Gasteiger partial charge in [0, 0.05) is 6.42 Å². The lowest BCUT2D eigenvalue weighted by molar-refractivity contribution is -0.120. The fourth-order valence-electron chi connectivity index (χ4n) is 1.73. The predicted molar refractivity (Wildman–Crippen MR) is 76.8 cm³/mol. The van der Waals surface area contributed by atoms with Crippen LogP contribution in [0.15, 0.2) is 42.5 Å². The van der Waals surface area contributed by atoms with Crippen LogP contribution < -0.4 is 4.74 Å². The molecule has 0 aromatic heterocycles. The first kappa shape index (κ1) is 15.0. The Bertz CT molecular complexity index is 692. The lowest BCUT2D eigenvalue weighted by Gasteiger charge is -2.07. The molecule has 106 valence electrons. The van der Waals surface area contributed by atoms with Crippen molar-refractivity contribution in [3.8, 4) is 11.8 Å². The van der Waals surface area contributed by atoms with Crippen molar-refractivity contribution >= 4 is 17.4 Å². The molecule has 3 nitrogen and oxygen atoms in total. The van der Waals surface area contributed by atoms with E-state index in [0.29, 0.717) is 11.3 Å². The van der Waals surface area contributed by atoms with Crippen LogP contribution in [0.5, 0.6) is 5.75 Å². The monoisotopic (exact) mass is 303 g/mol. The number of carbonyl (C=O) groups excluding carboxylic acids is 1. The minimum absolute atomic E-state index is 0.136. The van der Waals surface area contributed by atoms with Gasteiger partial charge in [0.15, 0.2) is 5.78 Å². The Morgan fingerprint density at radius 3 is 2.57 bits per heavy atom. The molecule has 5 heteroatoms. The Hall–Kier alpha value is -2.38. The molecular formula is C16H11ClFNO2. The zero-order chi connectivity index (χ0) is 15.2. The second-order valence-electron chi connectivity index (χ2n) is 4.39. The van der Waals surface area contributed by atoms with Crippen LogP contribution in [0.3, 0.4) is 0 Å². The van der Waals surface area contributed by atoms with Crippen LogP contribution in [0, 0.1) is 17.1 Å². The van der Waals surface area contributed by atoms with E-state index in [2.05, 4.69) is 0 Å². The molecule has 0 radical (unpaired) electrons. The van der Waals surface area contributed by atoms with Crippen molar-refractivity contribution in [2.75, 3.05) is 6.61 Å². The molecule has 0 heterocycles. The highest BCUT2D eigenvalue weighted by atomic mass is 35.5. The summed E-state index contributed by atoms with van der Waals surface area (Å²) < 4.78 is 18.1. The number of nitrogens with zero attached hydrogens (tertiary/aromatic N) is 1. The third-order valence-corrected chi connectivity index (χ3v) is 3.06. The topological polar surface area (TPSA) is 50.1 Å². The van der Waals surface area contributed by atoms with Crippen molar-refractivity contribution in [2.24, 2.45) is 0 Å². The van der Waals surface area contributed by atoms with Gasteiger partial charge in [-0.15, -0.1) is 0 Å². The molecule has 0 bridgehead atoms. The highest BCUT2D eigenvalue weighted by Crippen LogP contribution is 2.25. The van der Waals surface area contributed by atoms with Crippen LogP contribution in [-0.4, -0.2) is 12.4 Å². The number of hydrogen-bond acceptors (Lipinski definition) is 3. The molecule has 0 unspecified atom stereocenters. The van der Waals surface area contributed by atoms with E-state index in [9.17, 15) is 9.18 Å². The van der Waals surface area contributed by atoms with Crippen molar-refractivity contribution in [2.45, 2.75) is 6.42 Å². The van der Waals surface area contributed by atoms with Crippen LogP contribution in [0.25, 0.3) is 0 Å². The second kappa shape index (κ2) is 6.87. The Labute approximate surface area is 126 Å². The number of benzene rings is 2. The molecule has 0 aliphatic carbocycles. The molecule has 0 aliphatic heterocycles. The first-order valence-electron chi connectivity index (χ1n) is 6.17. The van der Waals surface area contributed by atoms with E-state index in [1.54, 1.807) is 24.3 Å². The Morgan fingerprint density at radius 1 is 1.24 bits per heavy atom. The molecule has 0 saturated carbocycles. The lowest BCUT2D eigenvalue weighted by atomic mass is 10.1. The van der Waals surface area contributed by atoms with Gasteiger partial charge < -0.3 is 4.74 Å². The van der Waals surface area contributed by atoms with E-state index in [1.165, 1.54) is 18.2 Å². The van der Waals surface area contributed by atoms with Gasteiger partial charge >= 0.3 is 0 Å². The van der Waals surface area contributed by atoms with Crippen LogP contribution in [-0.2, 0) is 11.2 Å². The molecule has 0 aliphatic rings. The van der Waals surface area contributed by atoms with E-state index in [-0.39, 0.29) is 29.7 Å². The summed E-state index contributed by atoms with van der Waals surface area (Å²) >= 11 is 5.94. The van der Waals surface area contributed by atoms with Crippen LogP contribution in [0.2, 0.25) is 5.02 Å². The summed E-state index contributed by atoms with van der Waals surface area (Å²) in [6, 6.07) is 12.3. The number of nitriles is 1. The maximum absolute atomic E-state index is 12.8. The molecule has 0 N–H and O–H groups in total. The normalized spacial score (nSPS) is 9.95. The van der Waals surface area contributed by atoms with E-state index in [1.807, 2.05) is 6.07 Å². The summed E-state index contributed by atoms with van der Waals surface area (Å²) in [6.07, 6.45) is 0.161. The highest BCUT2D eigenvalue weighted by molar-refractivity contribution is 6.32. The van der Waals surface area contributed by atoms with Crippen molar-refractivity contribution in [3.05, 3.63) is 64.4 Å². The third-order valence-electron chi connectivity index (χ3n) is 2.76. The first-order chi connectivity index (χ1) is 10.1. The predicted octanol–water partition coefficient (Wildman–Crippen LogP) is 3.54. The van der Waals surface area contributed by atoms with Gasteiger partial charge in [0.05, 0.1) is 16.7 Å². The van der Waals surface area contributed by atoms with Crippen LogP contribution in [0.4, 0.5) is 4.39 Å². The molecule has 0 atom stereocenters. The number of hydrogen-bond donors (Lipinski definition) is 0. The Balaban J connectivity index is 1.92. The van der Waals surface area contributed by atoms with Crippen molar-refractivity contribution in [1.29, 1.82) is 5.26 Å². The fourth-order valence-corrected chi connectivity index (χ4v) is 1.96. The summed E-state index contributed by atoms with van der Waals surface area (Å²) in [4.78, 5) is 11.8. The lowest BCUT2D eigenvalue weighted by Crippen LogP contribution is -2.14. The highest BCUT2D eigenvalue weighted by Gasteiger charge is 2.08. The summed E-state index contributed by atoms with van der Waals surface area (Å²) in [5, 5.41) is 9.01. The molecule has 0 spiro atoms. The number of carbonyl (C=O) groups is 1. The van der Waals surface area contributed by atoms with E-state index >= 15 is 0 Å². The van der Waals surface area contributed by atoms with Crippen LogP contribution >= 0.6 is 11.6 Å². The SMILES string of the molecule is N#Cc1ccc(OCC(=O)Cc2ccc(F)cc2)c(Cl)c1. The van der Waals surface area contributed by atoms with E-state index in [0.717, 1.165) is 5.56 Å². The van der Waals surface area contributed by atoms with Gasteiger partial charge in [-0.25, -0.2) is 4.39 Å². The summed E-state index contributed by atoms with van der Waals surface area (Å²) in [7, 11) is 0. The van der Waals surface area contributed by atoms with Gasteiger partial charge in [0.2, 0.25) is 0 Å². The Kier molecular flexibility index (Phi) is 4.91. The molecule has 2 aromatic rings. The molecule has 0 amide bonds. The molecule has 0 saturated heterocycles. The first-order valence-corrected chi connectivity index (χ1v) is 6.55. The van der Waals surface area contributed by atoms with E-state index in [4.69, 9.17) is 21.6 Å². The molecule has 2 rings (SSSR count). The summed E-state index contributed by atoms with van der Waals surface area (Å²) in [5.74, 6) is -0.142. The maximum Gasteiger partial charge on any atom is 0.174 e. The van der Waals surface area contributed by atoms with Crippen molar-refractivity contribution in [3.63, 3.8) is 0 Å². The largest absolute Gasteiger partial charge is 0.484 e.